The number of aromatic nitrogens is 3. The number of nitrogens with one attached hydrogen (secondary N) is 1. The molecule has 25 heavy (non-hydrogen) atoms. The van der Waals surface area contributed by atoms with Crippen molar-refractivity contribution in [2.45, 2.75) is 26.2 Å². The third kappa shape index (κ3) is 3.50. The van der Waals surface area contributed by atoms with E-state index in [4.69, 9.17) is 0 Å². The van der Waals surface area contributed by atoms with Gasteiger partial charge in [0, 0.05) is 12.1 Å². The van der Waals surface area contributed by atoms with Crippen molar-refractivity contribution in [1.82, 2.24) is 19.9 Å². The first-order chi connectivity index (χ1) is 12.1. The SMILES string of the molecule is CCCCNC(=O)c1cnn2c(C(F)F)cc(-c3ccccc3)nc12. The Morgan fingerprint density at radius 1 is 1.28 bits per heavy atom. The van der Waals surface area contributed by atoms with E-state index in [1.54, 1.807) is 24.3 Å². The Kier molecular flexibility index (Phi) is 5.02. The van der Waals surface area contributed by atoms with Crippen LogP contribution in [0.1, 0.15) is 42.2 Å². The van der Waals surface area contributed by atoms with Crippen molar-refractivity contribution in [3.63, 3.8) is 0 Å². The highest BCUT2D eigenvalue weighted by molar-refractivity contribution is 5.99. The fourth-order valence-corrected chi connectivity index (χ4v) is 2.53. The lowest BCUT2D eigenvalue weighted by atomic mass is 10.1. The van der Waals surface area contributed by atoms with Crippen molar-refractivity contribution >= 4 is 11.6 Å². The van der Waals surface area contributed by atoms with E-state index in [1.807, 2.05) is 13.0 Å². The number of unbranched alkanes of at least 4 members (excludes halogenated alkanes) is 1. The smallest absolute Gasteiger partial charge is 0.280 e. The summed E-state index contributed by atoms with van der Waals surface area (Å²) in [6.45, 7) is 2.54. The lowest BCUT2D eigenvalue weighted by molar-refractivity contribution is 0.0954. The Morgan fingerprint density at radius 3 is 2.72 bits per heavy atom. The molecule has 1 aromatic carbocycles. The lowest BCUT2D eigenvalue weighted by Gasteiger charge is -2.08. The number of carbonyl (C=O) groups is 1. The van der Waals surface area contributed by atoms with E-state index < -0.39 is 6.43 Å². The van der Waals surface area contributed by atoms with E-state index in [0.29, 0.717) is 17.8 Å². The summed E-state index contributed by atoms with van der Waals surface area (Å²) >= 11 is 0. The van der Waals surface area contributed by atoms with Gasteiger partial charge in [-0.2, -0.15) is 5.10 Å². The Bertz CT molecular complexity index is 877. The summed E-state index contributed by atoms with van der Waals surface area (Å²) in [5.74, 6) is -0.360. The number of halogens is 2. The summed E-state index contributed by atoms with van der Waals surface area (Å²) in [4.78, 5) is 16.7. The average molecular weight is 344 g/mol. The molecule has 3 rings (SSSR count). The van der Waals surface area contributed by atoms with Crippen LogP contribution < -0.4 is 5.32 Å². The standard InChI is InChI=1S/C18H18F2N4O/c1-2-3-9-21-18(25)13-11-22-24-15(16(19)20)10-14(23-17(13)24)12-7-5-4-6-8-12/h4-8,10-11,16H,2-3,9H2,1H3,(H,21,25). The summed E-state index contributed by atoms with van der Waals surface area (Å²) in [7, 11) is 0. The van der Waals surface area contributed by atoms with Gasteiger partial charge in [0.1, 0.15) is 11.3 Å². The predicted octanol–water partition coefficient (Wildman–Crippen LogP) is 3.86. The molecule has 0 aliphatic carbocycles. The maximum Gasteiger partial charge on any atom is 0.280 e. The molecule has 0 unspecified atom stereocenters. The molecule has 0 fully saturated rings. The maximum absolute atomic E-state index is 13.5. The number of hydrogen-bond donors (Lipinski definition) is 1. The molecule has 0 radical (unpaired) electrons. The van der Waals surface area contributed by atoms with E-state index in [9.17, 15) is 13.6 Å². The largest absolute Gasteiger partial charge is 0.352 e. The van der Waals surface area contributed by atoms with Gasteiger partial charge < -0.3 is 5.32 Å². The van der Waals surface area contributed by atoms with Crippen LogP contribution in [0.15, 0.2) is 42.6 Å². The summed E-state index contributed by atoms with van der Waals surface area (Å²) < 4.78 is 28.0. The molecule has 1 amide bonds. The Hall–Kier alpha value is -2.83. The summed E-state index contributed by atoms with van der Waals surface area (Å²) in [6.07, 6.45) is 0.338. The van der Waals surface area contributed by atoms with Crippen LogP contribution >= 0.6 is 0 Å². The first-order valence-electron chi connectivity index (χ1n) is 8.12. The molecule has 0 bridgehead atoms. The van der Waals surface area contributed by atoms with Gasteiger partial charge in [-0.15, -0.1) is 0 Å². The maximum atomic E-state index is 13.5. The highest BCUT2D eigenvalue weighted by Gasteiger charge is 2.21. The zero-order chi connectivity index (χ0) is 17.8. The molecule has 0 atom stereocenters. The number of benzene rings is 1. The van der Waals surface area contributed by atoms with Crippen molar-refractivity contribution in [3.8, 4) is 11.3 Å². The van der Waals surface area contributed by atoms with Gasteiger partial charge in [0.15, 0.2) is 5.65 Å². The second-order valence-electron chi connectivity index (χ2n) is 5.64. The molecule has 3 aromatic rings. The third-order valence-electron chi connectivity index (χ3n) is 3.85. The Balaban J connectivity index is 2.09. The number of carbonyl (C=O) groups excluding carboxylic acids is 1. The number of alkyl halides is 2. The zero-order valence-corrected chi connectivity index (χ0v) is 13.7. The molecule has 7 heteroatoms. The minimum atomic E-state index is -2.73. The van der Waals surface area contributed by atoms with Gasteiger partial charge in [0.25, 0.3) is 12.3 Å². The quantitative estimate of drug-likeness (QED) is 0.691. The third-order valence-corrected chi connectivity index (χ3v) is 3.85. The molecule has 2 aromatic heterocycles. The highest BCUT2D eigenvalue weighted by atomic mass is 19.3. The van der Waals surface area contributed by atoms with Gasteiger partial charge in [0.2, 0.25) is 0 Å². The van der Waals surface area contributed by atoms with Crippen molar-refractivity contribution in [3.05, 3.63) is 53.9 Å². The fourth-order valence-electron chi connectivity index (χ4n) is 2.53. The van der Waals surface area contributed by atoms with Gasteiger partial charge in [-0.1, -0.05) is 43.7 Å². The predicted molar refractivity (Wildman–Crippen MR) is 90.6 cm³/mol. The van der Waals surface area contributed by atoms with Gasteiger partial charge in [-0.05, 0) is 12.5 Å². The van der Waals surface area contributed by atoms with Crippen molar-refractivity contribution in [1.29, 1.82) is 0 Å². The molecule has 0 spiro atoms. The molecular weight excluding hydrogens is 326 g/mol. The van der Waals surface area contributed by atoms with E-state index in [2.05, 4.69) is 15.4 Å². The van der Waals surface area contributed by atoms with Crippen LogP contribution in [0.3, 0.4) is 0 Å². The van der Waals surface area contributed by atoms with Crippen LogP contribution in [0.2, 0.25) is 0 Å². The van der Waals surface area contributed by atoms with Crippen LogP contribution in [-0.2, 0) is 0 Å². The second-order valence-corrected chi connectivity index (χ2v) is 5.64. The van der Waals surface area contributed by atoms with Crippen molar-refractivity contribution in [2.24, 2.45) is 0 Å². The second kappa shape index (κ2) is 7.38. The molecule has 2 heterocycles. The van der Waals surface area contributed by atoms with Crippen molar-refractivity contribution < 1.29 is 13.6 Å². The number of hydrogen-bond acceptors (Lipinski definition) is 3. The van der Waals surface area contributed by atoms with Crippen molar-refractivity contribution in [2.75, 3.05) is 6.54 Å². The zero-order valence-electron chi connectivity index (χ0n) is 13.7. The molecule has 0 aliphatic rings. The molecule has 130 valence electrons. The number of rotatable bonds is 6. The number of amides is 1. The van der Waals surface area contributed by atoms with Crippen LogP contribution in [0, 0.1) is 0 Å². The van der Waals surface area contributed by atoms with Crippen LogP contribution in [0.25, 0.3) is 16.9 Å². The minimum absolute atomic E-state index is 0.130. The highest BCUT2D eigenvalue weighted by Crippen LogP contribution is 2.26. The summed E-state index contributed by atoms with van der Waals surface area (Å²) in [5, 5.41) is 6.70. The van der Waals surface area contributed by atoms with E-state index in [1.165, 1.54) is 12.3 Å². The number of fused-ring (bicyclic) bond motifs is 1. The van der Waals surface area contributed by atoms with Crippen LogP contribution in [0.5, 0.6) is 0 Å². The molecule has 0 saturated heterocycles. The molecular formula is C18H18F2N4O. The van der Waals surface area contributed by atoms with Crippen LogP contribution in [0.4, 0.5) is 8.78 Å². The van der Waals surface area contributed by atoms with Gasteiger partial charge in [-0.3, -0.25) is 4.79 Å². The monoisotopic (exact) mass is 344 g/mol. The molecule has 5 nitrogen and oxygen atoms in total. The van der Waals surface area contributed by atoms with Gasteiger partial charge in [-0.25, -0.2) is 18.3 Å². The van der Waals surface area contributed by atoms with E-state index >= 15 is 0 Å². The Morgan fingerprint density at radius 2 is 2.04 bits per heavy atom. The topological polar surface area (TPSA) is 59.3 Å². The average Bonchev–Trinajstić information content (AvgIpc) is 3.05. The molecule has 0 saturated carbocycles. The molecule has 1 N–H and O–H groups in total. The number of nitrogens with zero attached hydrogens (tertiary/aromatic N) is 3. The summed E-state index contributed by atoms with van der Waals surface area (Å²) in [5.41, 5.74) is 1.11. The normalized spacial score (nSPS) is 11.2. The lowest BCUT2D eigenvalue weighted by Crippen LogP contribution is -2.24. The Labute approximate surface area is 143 Å². The van der Waals surface area contributed by atoms with Crippen LogP contribution in [-0.4, -0.2) is 27.0 Å². The van der Waals surface area contributed by atoms with E-state index in [0.717, 1.165) is 17.4 Å². The van der Waals surface area contributed by atoms with Gasteiger partial charge in [0.05, 0.1) is 11.9 Å². The fraction of sp³-hybridized carbons (Fsp3) is 0.278. The minimum Gasteiger partial charge on any atom is -0.352 e. The van der Waals surface area contributed by atoms with E-state index in [-0.39, 0.29) is 22.8 Å². The first-order valence-corrected chi connectivity index (χ1v) is 8.12. The van der Waals surface area contributed by atoms with Gasteiger partial charge >= 0.3 is 0 Å². The summed E-state index contributed by atoms with van der Waals surface area (Å²) in [6, 6.07) is 10.3. The molecule has 0 aliphatic heterocycles. The first kappa shape index (κ1) is 17.0.